The average molecular weight is 236 g/mol. The quantitative estimate of drug-likeness (QED) is 0.439. The Bertz CT molecular complexity index is 216. The van der Waals surface area contributed by atoms with Crippen LogP contribution in [-0.2, 0) is 11.1 Å². The van der Waals surface area contributed by atoms with Gasteiger partial charge in [-0.15, -0.1) is 0 Å². The third-order valence-corrected chi connectivity index (χ3v) is 4.49. The summed E-state index contributed by atoms with van der Waals surface area (Å²) in [6.45, 7) is 4.27. The molecule has 1 fully saturated rings. The Kier molecular flexibility index (Phi) is 4.47. The lowest BCUT2D eigenvalue weighted by atomic mass is 9.92. The maximum Gasteiger partial charge on any atom is 0.156 e. The van der Waals surface area contributed by atoms with Crippen molar-refractivity contribution in [3.8, 4) is 0 Å². The van der Waals surface area contributed by atoms with E-state index in [0.29, 0.717) is 5.92 Å². The van der Waals surface area contributed by atoms with Crippen LogP contribution in [0.1, 0.15) is 46.0 Å². The molecule has 0 aromatic rings. The lowest BCUT2D eigenvalue weighted by Gasteiger charge is -2.26. The third-order valence-electron chi connectivity index (χ3n) is 3.16. The van der Waals surface area contributed by atoms with Crippen molar-refractivity contribution in [2.24, 2.45) is 5.92 Å². The predicted octanol–water partition coefficient (Wildman–Crippen LogP) is 2.87. The van der Waals surface area contributed by atoms with Gasteiger partial charge in [0.25, 0.3) is 0 Å². The summed E-state index contributed by atoms with van der Waals surface area (Å²) in [6.07, 6.45) is 4.93. The molecule has 1 aliphatic rings. The molecule has 4 atom stereocenters. The molecular formula is C10H20O2S2. The van der Waals surface area contributed by atoms with Gasteiger partial charge < -0.3 is 4.55 Å². The monoisotopic (exact) mass is 236 g/mol. The lowest BCUT2D eigenvalue weighted by Crippen LogP contribution is -2.25. The van der Waals surface area contributed by atoms with Gasteiger partial charge in [0, 0.05) is 4.75 Å². The topological polar surface area (TPSA) is 37.3 Å². The van der Waals surface area contributed by atoms with E-state index in [9.17, 15) is 4.21 Å². The zero-order valence-electron chi connectivity index (χ0n) is 8.90. The maximum atomic E-state index is 11.1. The molecule has 2 nitrogen and oxygen atoms in total. The minimum atomic E-state index is -1.68. The fourth-order valence-electron chi connectivity index (χ4n) is 2.34. The fourth-order valence-corrected chi connectivity index (χ4v) is 3.79. The van der Waals surface area contributed by atoms with Crippen LogP contribution in [0.3, 0.4) is 0 Å². The molecule has 4 unspecified atom stereocenters. The van der Waals surface area contributed by atoms with Gasteiger partial charge in [0.05, 0.1) is 5.25 Å². The summed E-state index contributed by atoms with van der Waals surface area (Å²) < 4.78 is 20.1. The van der Waals surface area contributed by atoms with Gasteiger partial charge >= 0.3 is 0 Å². The molecule has 0 heterocycles. The van der Waals surface area contributed by atoms with Crippen molar-refractivity contribution in [3.63, 3.8) is 0 Å². The van der Waals surface area contributed by atoms with E-state index in [1.54, 1.807) is 0 Å². The maximum absolute atomic E-state index is 11.1. The zero-order chi connectivity index (χ0) is 10.8. The van der Waals surface area contributed by atoms with Gasteiger partial charge in [-0.1, -0.05) is 20.3 Å². The molecule has 0 saturated heterocycles. The summed E-state index contributed by atoms with van der Waals surface area (Å²) in [5, 5.41) is -0.0750. The van der Waals surface area contributed by atoms with Crippen LogP contribution in [0.4, 0.5) is 0 Å². The van der Waals surface area contributed by atoms with Crippen LogP contribution in [0.25, 0.3) is 0 Å². The Hall–Kier alpha value is 0.460. The van der Waals surface area contributed by atoms with Crippen molar-refractivity contribution in [2.75, 3.05) is 0 Å². The number of hydrogen-bond donors (Lipinski definition) is 2. The number of thiol groups is 1. The molecular weight excluding hydrogens is 216 g/mol. The minimum Gasteiger partial charge on any atom is -0.306 e. The molecule has 0 bridgehead atoms. The highest BCUT2D eigenvalue weighted by molar-refractivity contribution is 7.82. The zero-order valence-corrected chi connectivity index (χ0v) is 10.6. The first kappa shape index (κ1) is 12.5. The fraction of sp³-hybridized carbons (Fsp3) is 1.00. The summed E-state index contributed by atoms with van der Waals surface area (Å²) >= 11 is 2.93. The molecule has 0 aromatic heterocycles. The molecule has 0 amide bonds. The third kappa shape index (κ3) is 3.55. The molecule has 1 aliphatic carbocycles. The standard InChI is InChI=1S/C10H20O2S2/c1-3-8-4-5-9(14(11)12)7-10(2,13)6-8/h8-9,13H,3-7H2,1-2H3,(H,11,12). The molecule has 0 radical (unpaired) electrons. The van der Waals surface area contributed by atoms with Crippen LogP contribution in [0.5, 0.6) is 0 Å². The number of hydrogen-bond acceptors (Lipinski definition) is 2. The van der Waals surface area contributed by atoms with Gasteiger partial charge in [0.1, 0.15) is 0 Å². The SMILES string of the molecule is CCC1CCC(S(=O)O)CC(C)(S)C1. The summed E-state index contributed by atoms with van der Waals surface area (Å²) in [6, 6.07) is 0. The molecule has 4 heteroatoms. The predicted molar refractivity (Wildman–Crippen MR) is 64.2 cm³/mol. The number of rotatable bonds is 2. The summed E-state index contributed by atoms with van der Waals surface area (Å²) in [7, 11) is 0. The molecule has 1 rings (SSSR count). The Morgan fingerprint density at radius 3 is 2.64 bits per heavy atom. The molecule has 14 heavy (non-hydrogen) atoms. The lowest BCUT2D eigenvalue weighted by molar-refractivity contribution is 0.412. The van der Waals surface area contributed by atoms with Crippen molar-refractivity contribution in [1.82, 2.24) is 0 Å². The molecule has 1 saturated carbocycles. The summed E-state index contributed by atoms with van der Waals surface area (Å²) in [5.41, 5.74) is 0. The van der Waals surface area contributed by atoms with Gasteiger partial charge in [-0.2, -0.15) is 12.6 Å². The van der Waals surface area contributed by atoms with Crippen molar-refractivity contribution in [3.05, 3.63) is 0 Å². The van der Waals surface area contributed by atoms with E-state index in [1.165, 1.54) is 0 Å². The first-order valence-electron chi connectivity index (χ1n) is 5.26. The minimum absolute atomic E-state index is 0.0692. The highest BCUT2D eigenvalue weighted by Gasteiger charge is 2.33. The van der Waals surface area contributed by atoms with Gasteiger partial charge in [-0.05, 0) is 31.6 Å². The van der Waals surface area contributed by atoms with Crippen molar-refractivity contribution >= 4 is 23.7 Å². The molecule has 1 N–H and O–H groups in total. The van der Waals surface area contributed by atoms with Gasteiger partial charge in [0.15, 0.2) is 11.1 Å². The highest BCUT2D eigenvalue weighted by Crippen LogP contribution is 2.37. The normalized spacial score (nSPS) is 41.7. The summed E-state index contributed by atoms with van der Waals surface area (Å²) in [5.74, 6) is 0.672. The van der Waals surface area contributed by atoms with E-state index in [-0.39, 0.29) is 10.00 Å². The van der Waals surface area contributed by atoms with Crippen LogP contribution < -0.4 is 0 Å². The summed E-state index contributed by atoms with van der Waals surface area (Å²) in [4.78, 5) is 0. The van der Waals surface area contributed by atoms with Crippen LogP contribution in [0, 0.1) is 5.92 Å². The van der Waals surface area contributed by atoms with Crippen LogP contribution in [-0.4, -0.2) is 18.8 Å². The van der Waals surface area contributed by atoms with Gasteiger partial charge in [-0.3, -0.25) is 0 Å². The van der Waals surface area contributed by atoms with Crippen molar-refractivity contribution < 1.29 is 8.76 Å². The molecule has 0 aliphatic heterocycles. The van der Waals surface area contributed by atoms with Crippen molar-refractivity contribution in [1.29, 1.82) is 0 Å². The molecule has 0 spiro atoms. The molecule has 84 valence electrons. The highest BCUT2D eigenvalue weighted by atomic mass is 32.2. The first-order valence-corrected chi connectivity index (χ1v) is 6.88. The van der Waals surface area contributed by atoms with E-state index < -0.39 is 11.1 Å². The van der Waals surface area contributed by atoms with Crippen molar-refractivity contribution in [2.45, 2.75) is 55.9 Å². The Labute approximate surface area is 94.6 Å². The van der Waals surface area contributed by atoms with Crippen LogP contribution in [0.15, 0.2) is 0 Å². The first-order chi connectivity index (χ1) is 6.44. The Morgan fingerprint density at radius 1 is 1.50 bits per heavy atom. The molecule has 0 aromatic carbocycles. The second-order valence-corrected chi connectivity index (χ2v) is 6.95. The average Bonchev–Trinajstić information content (AvgIpc) is 2.23. The smallest absolute Gasteiger partial charge is 0.156 e. The van der Waals surface area contributed by atoms with E-state index >= 15 is 0 Å². The van der Waals surface area contributed by atoms with E-state index in [4.69, 9.17) is 4.55 Å². The second-order valence-electron chi connectivity index (χ2n) is 4.65. The van der Waals surface area contributed by atoms with E-state index in [2.05, 4.69) is 26.5 Å². The van der Waals surface area contributed by atoms with Crippen LogP contribution >= 0.6 is 12.6 Å². The van der Waals surface area contributed by atoms with E-state index in [1.807, 2.05) is 0 Å². The van der Waals surface area contributed by atoms with E-state index in [0.717, 1.165) is 32.1 Å². The Morgan fingerprint density at radius 2 is 2.14 bits per heavy atom. The van der Waals surface area contributed by atoms with Gasteiger partial charge in [0.2, 0.25) is 0 Å². The van der Waals surface area contributed by atoms with Crippen LogP contribution in [0.2, 0.25) is 0 Å². The Balaban J connectivity index is 2.68. The second kappa shape index (κ2) is 4.99. The van der Waals surface area contributed by atoms with Gasteiger partial charge in [-0.25, -0.2) is 4.21 Å². The largest absolute Gasteiger partial charge is 0.306 e.